The number of hydrogen-bond donors (Lipinski definition) is 1. The maximum Gasteiger partial charge on any atom is 0.181 e. The first-order valence-electron chi connectivity index (χ1n) is 7.62. The van der Waals surface area contributed by atoms with Crippen LogP contribution in [0.2, 0.25) is 0 Å². The average Bonchev–Trinajstić information content (AvgIpc) is 2.72. The van der Waals surface area contributed by atoms with E-state index in [9.17, 15) is 4.79 Å². The maximum atomic E-state index is 12.8. The van der Waals surface area contributed by atoms with Gasteiger partial charge in [0.1, 0.15) is 0 Å². The second kappa shape index (κ2) is 5.80. The number of carbonyl (C=O) groups excluding carboxylic acids is 1. The van der Waals surface area contributed by atoms with Gasteiger partial charge in [-0.2, -0.15) is 0 Å². The Hall–Kier alpha value is -1.61. The van der Waals surface area contributed by atoms with Gasteiger partial charge < -0.3 is 4.98 Å². The molecule has 1 saturated heterocycles. The first-order valence-corrected chi connectivity index (χ1v) is 7.62. The molecule has 106 valence electrons. The van der Waals surface area contributed by atoms with Gasteiger partial charge in [0, 0.05) is 22.7 Å². The van der Waals surface area contributed by atoms with Gasteiger partial charge in [-0.1, -0.05) is 31.0 Å². The fourth-order valence-corrected chi connectivity index (χ4v) is 3.15. The number of para-hydroxylation sites is 1. The molecule has 2 heterocycles. The van der Waals surface area contributed by atoms with E-state index in [-0.39, 0.29) is 11.8 Å². The van der Waals surface area contributed by atoms with E-state index in [1.165, 1.54) is 25.7 Å². The zero-order chi connectivity index (χ0) is 13.9. The van der Waals surface area contributed by atoms with Crippen LogP contribution in [0.15, 0.2) is 30.5 Å². The lowest BCUT2D eigenvalue weighted by Gasteiger charge is -2.26. The van der Waals surface area contributed by atoms with Crippen LogP contribution in [0.1, 0.15) is 43.0 Å². The molecule has 1 aromatic carbocycles. The minimum atomic E-state index is -0.0210. The molecule has 1 aliphatic rings. The number of benzene rings is 1. The van der Waals surface area contributed by atoms with E-state index in [2.05, 4.69) is 16.8 Å². The molecule has 2 aromatic rings. The molecular formula is C17H22N2O. The fourth-order valence-electron chi connectivity index (χ4n) is 3.15. The van der Waals surface area contributed by atoms with E-state index in [0.29, 0.717) is 0 Å². The number of rotatable bonds is 3. The Labute approximate surface area is 120 Å². The van der Waals surface area contributed by atoms with Crippen molar-refractivity contribution in [1.29, 1.82) is 0 Å². The average molecular weight is 270 g/mol. The van der Waals surface area contributed by atoms with E-state index in [0.717, 1.165) is 29.6 Å². The second-order valence-electron chi connectivity index (χ2n) is 5.74. The number of aromatic amines is 1. The Kier molecular flexibility index (Phi) is 3.88. The van der Waals surface area contributed by atoms with Crippen LogP contribution in [0.3, 0.4) is 0 Å². The van der Waals surface area contributed by atoms with Crippen molar-refractivity contribution < 1.29 is 4.79 Å². The highest BCUT2D eigenvalue weighted by atomic mass is 16.1. The first kappa shape index (κ1) is 13.4. The quantitative estimate of drug-likeness (QED) is 0.865. The van der Waals surface area contributed by atoms with Gasteiger partial charge in [-0.25, -0.2) is 0 Å². The summed E-state index contributed by atoms with van der Waals surface area (Å²) in [7, 11) is 0. The lowest BCUT2D eigenvalue weighted by Crippen LogP contribution is -2.39. The number of aromatic nitrogens is 1. The molecule has 0 radical (unpaired) electrons. The number of ketones is 1. The standard InChI is InChI=1S/C17H22N2O/c1-13(19-10-6-2-3-7-11-19)17(20)15-12-18-16-9-5-4-8-14(15)16/h4-5,8-9,12-13,18H,2-3,6-7,10-11H2,1H3. The van der Waals surface area contributed by atoms with Crippen LogP contribution < -0.4 is 0 Å². The summed E-state index contributed by atoms with van der Waals surface area (Å²) in [4.78, 5) is 18.3. The van der Waals surface area contributed by atoms with E-state index >= 15 is 0 Å². The SMILES string of the molecule is CC(C(=O)c1c[nH]c2ccccc12)N1CCCCCC1. The van der Waals surface area contributed by atoms with E-state index in [4.69, 9.17) is 0 Å². The Bertz CT molecular complexity index is 594. The lowest BCUT2D eigenvalue weighted by atomic mass is 10.0. The Morgan fingerprint density at radius 2 is 1.85 bits per heavy atom. The molecule has 0 amide bonds. The molecule has 20 heavy (non-hydrogen) atoms. The van der Waals surface area contributed by atoms with Gasteiger partial charge in [-0.05, 0) is 38.9 Å². The number of Topliss-reactive ketones (excluding diaryl/α,β-unsaturated/α-hetero) is 1. The van der Waals surface area contributed by atoms with Crippen LogP contribution in [0.5, 0.6) is 0 Å². The molecular weight excluding hydrogens is 248 g/mol. The summed E-state index contributed by atoms with van der Waals surface area (Å²) in [6.07, 6.45) is 6.88. The first-order chi connectivity index (χ1) is 9.77. The minimum Gasteiger partial charge on any atom is -0.360 e. The highest BCUT2D eigenvalue weighted by Crippen LogP contribution is 2.21. The molecule has 0 bridgehead atoms. The Morgan fingerprint density at radius 1 is 1.15 bits per heavy atom. The third-order valence-corrected chi connectivity index (χ3v) is 4.42. The van der Waals surface area contributed by atoms with Gasteiger partial charge in [0.2, 0.25) is 0 Å². The summed E-state index contributed by atoms with van der Waals surface area (Å²) >= 11 is 0. The number of nitrogens with one attached hydrogen (secondary N) is 1. The van der Waals surface area contributed by atoms with Crippen LogP contribution in [0, 0.1) is 0 Å². The number of likely N-dealkylation sites (tertiary alicyclic amines) is 1. The lowest BCUT2D eigenvalue weighted by molar-refractivity contribution is 0.0844. The van der Waals surface area contributed by atoms with Crippen molar-refractivity contribution in [2.75, 3.05) is 13.1 Å². The normalized spacial score (nSPS) is 18.9. The van der Waals surface area contributed by atoms with Crippen molar-refractivity contribution in [2.24, 2.45) is 0 Å². The van der Waals surface area contributed by atoms with Gasteiger partial charge in [0.15, 0.2) is 5.78 Å². The van der Waals surface area contributed by atoms with Crippen molar-refractivity contribution in [3.8, 4) is 0 Å². The van der Waals surface area contributed by atoms with Crippen molar-refractivity contribution in [1.82, 2.24) is 9.88 Å². The fraction of sp³-hybridized carbons (Fsp3) is 0.471. The molecule has 3 heteroatoms. The zero-order valence-corrected chi connectivity index (χ0v) is 12.1. The predicted octanol–water partition coefficient (Wildman–Crippen LogP) is 3.62. The number of carbonyl (C=O) groups is 1. The molecule has 1 aliphatic heterocycles. The molecule has 1 unspecified atom stereocenters. The summed E-state index contributed by atoms with van der Waals surface area (Å²) in [5.74, 6) is 0.240. The van der Waals surface area contributed by atoms with Crippen LogP contribution in [-0.4, -0.2) is 34.8 Å². The van der Waals surface area contributed by atoms with Gasteiger partial charge in [-0.15, -0.1) is 0 Å². The summed E-state index contributed by atoms with van der Waals surface area (Å²) in [6.45, 7) is 4.15. The molecule has 1 fully saturated rings. The summed E-state index contributed by atoms with van der Waals surface area (Å²) in [5, 5.41) is 1.04. The summed E-state index contributed by atoms with van der Waals surface area (Å²) in [6, 6.07) is 8.00. The molecule has 0 saturated carbocycles. The topological polar surface area (TPSA) is 36.1 Å². The van der Waals surface area contributed by atoms with E-state index in [1.54, 1.807) is 0 Å². The van der Waals surface area contributed by atoms with E-state index in [1.807, 2.05) is 30.5 Å². The van der Waals surface area contributed by atoms with Crippen LogP contribution in [0.25, 0.3) is 10.9 Å². The summed E-state index contributed by atoms with van der Waals surface area (Å²) < 4.78 is 0. The molecule has 3 nitrogen and oxygen atoms in total. The van der Waals surface area contributed by atoms with Gasteiger partial charge >= 0.3 is 0 Å². The van der Waals surface area contributed by atoms with Gasteiger partial charge in [-0.3, -0.25) is 9.69 Å². The highest BCUT2D eigenvalue weighted by molar-refractivity contribution is 6.10. The molecule has 1 aromatic heterocycles. The van der Waals surface area contributed by atoms with Crippen molar-refractivity contribution in [3.63, 3.8) is 0 Å². The molecule has 0 aliphatic carbocycles. The van der Waals surface area contributed by atoms with Crippen LogP contribution >= 0.6 is 0 Å². The molecule has 1 N–H and O–H groups in total. The maximum absolute atomic E-state index is 12.8. The third kappa shape index (κ3) is 2.50. The van der Waals surface area contributed by atoms with Crippen LogP contribution in [-0.2, 0) is 0 Å². The van der Waals surface area contributed by atoms with Crippen molar-refractivity contribution in [2.45, 2.75) is 38.6 Å². The number of H-pyrrole nitrogens is 1. The van der Waals surface area contributed by atoms with Crippen molar-refractivity contribution in [3.05, 3.63) is 36.0 Å². The predicted molar refractivity (Wildman–Crippen MR) is 82.1 cm³/mol. The van der Waals surface area contributed by atoms with E-state index < -0.39 is 0 Å². The Balaban J connectivity index is 1.84. The Morgan fingerprint density at radius 3 is 2.60 bits per heavy atom. The number of nitrogens with zero attached hydrogens (tertiary/aromatic N) is 1. The van der Waals surface area contributed by atoms with Gasteiger partial charge in [0.05, 0.1) is 6.04 Å². The monoisotopic (exact) mass is 270 g/mol. The number of hydrogen-bond acceptors (Lipinski definition) is 2. The second-order valence-corrected chi connectivity index (χ2v) is 5.74. The van der Waals surface area contributed by atoms with Crippen LogP contribution in [0.4, 0.5) is 0 Å². The molecule has 0 spiro atoms. The smallest absolute Gasteiger partial charge is 0.181 e. The molecule has 1 atom stereocenters. The summed E-state index contributed by atoms with van der Waals surface area (Å²) in [5.41, 5.74) is 1.87. The van der Waals surface area contributed by atoms with Crippen molar-refractivity contribution >= 4 is 16.7 Å². The largest absolute Gasteiger partial charge is 0.360 e. The third-order valence-electron chi connectivity index (χ3n) is 4.42. The highest BCUT2D eigenvalue weighted by Gasteiger charge is 2.24. The molecule has 3 rings (SSSR count). The van der Waals surface area contributed by atoms with Gasteiger partial charge in [0.25, 0.3) is 0 Å². The zero-order valence-electron chi connectivity index (χ0n) is 12.1. The minimum absolute atomic E-state index is 0.0210. The number of fused-ring (bicyclic) bond motifs is 1.